The van der Waals surface area contributed by atoms with Crippen molar-refractivity contribution in [2.24, 2.45) is 5.92 Å². The molecule has 0 radical (unpaired) electrons. The van der Waals surface area contributed by atoms with Gasteiger partial charge in [-0.05, 0) is 12.5 Å². The number of carboxylic acids is 1. The molecule has 2 rings (SSSR count). The average molecular weight is 233 g/mol. The molecule has 0 saturated carbocycles. The first-order chi connectivity index (χ1) is 8.09. The molecule has 90 valence electrons. The van der Waals surface area contributed by atoms with Gasteiger partial charge in [0.1, 0.15) is 0 Å². The van der Waals surface area contributed by atoms with Gasteiger partial charge in [-0.2, -0.15) is 0 Å². The second-order valence-electron chi connectivity index (χ2n) is 4.37. The zero-order valence-corrected chi connectivity index (χ0v) is 9.67. The summed E-state index contributed by atoms with van der Waals surface area (Å²) in [4.78, 5) is 24.3. The fourth-order valence-electron chi connectivity index (χ4n) is 2.18. The Bertz CT molecular complexity index is 430. The van der Waals surface area contributed by atoms with Gasteiger partial charge in [0.2, 0.25) is 5.91 Å². The molecule has 0 unspecified atom stereocenters. The van der Waals surface area contributed by atoms with Gasteiger partial charge in [-0.15, -0.1) is 0 Å². The average Bonchev–Trinajstić information content (AvgIpc) is 2.72. The number of hydrogen-bond donors (Lipinski definition) is 1. The topological polar surface area (TPSA) is 57.6 Å². The third-order valence-electron chi connectivity index (χ3n) is 3.26. The Hall–Kier alpha value is -1.84. The molecule has 17 heavy (non-hydrogen) atoms. The summed E-state index contributed by atoms with van der Waals surface area (Å²) in [6, 6.07) is 9.59. The molecule has 1 heterocycles. The number of amides is 1. The predicted octanol–water partition coefficient (Wildman–Crippen LogP) is 1.68. The molecule has 1 saturated heterocycles. The van der Waals surface area contributed by atoms with Gasteiger partial charge < -0.3 is 10.0 Å². The van der Waals surface area contributed by atoms with Crippen LogP contribution in [0.1, 0.15) is 24.9 Å². The predicted molar refractivity (Wildman–Crippen MR) is 62.3 cm³/mol. The van der Waals surface area contributed by atoms with Crippen molar-refractivity contribution in [1.29, 1.82) is 0 Å². The SMILES string of the molecule is C[C@@H](c1ccccc1)N1C[C@@H](C(=O)O)CC1=O. The summed E-state index contributed by atoms with van der Waals surface area (Å²) in [7, 11) is 0. The lowest BCUT2D eigenvalue weighted by Gasteiger charge is -2.24. The second-order valence-corrected chi connectivity index (χ2v) is 4.37. The number of aliphatic carboxylic acids is 1. The third kappa shape index (κ3) is 2.30. The molecule has 0 aliphatic carbocycles. The first-order valence-electron chi connectivity index (χ1n) is 5.67. The highest BCUT2D eigenvalue weighted by Crippen LogP contribution is 2.28. The molecule has 4 nitrogen and oxygen atoms in total. The van der Waals surface area contributed by atoms with Crippen LogP contribution in [0.4, 0.5) is 0 Å². The van der Waals surface area contributed by atoms with Gasteiger partial charge in [0, 0.05) is 13.0 Å². The molecule has 1 aromatic rings. The van der Waals surface area contributed by atoms with Crippen molar-refractivity contribution in [3.63, 3.8) is 0 Å². The summed E-state index contributed by atoms with van der Waals surface area (Å²) in [6.07, 6.45) is 0.118. The maximum absolute atomic E-state index is 11.8. The summed E-state index contributed by atoms with van der Waals surface area (Å²) >= 11 is 0. The first kappa shape index (κ1) is 11.6. The molecular weight excluding hydrogens is 218 g/mol. The van der Waals surface area contributed by atoms with Crippen molar-refractivity contribution >= 4 is 11.9 Å². The standard InChI is InChI=1S/C13H15NO3/c1-9(10-5-3-2-4-6-10)14-8-11(13(16)17)7-12(14)15/h2-6,9,11H,7-8H2,1H3,(H,16,17)/t9-,11-/m0/s1. The van der Waals surface area contributed by atoms with E-state index in [0.717, 1.165) is 5.56 Å². The van der Waals surface area contributed by atoms with E-state index in [0.29, 0.717) is 6.54 Å². The number of benzene rings is 1. The fourth-order valence-corrected chi connectivity index (χ4v) is 2.18. The molecule has 1 fully saturated rings. The van der Waals surface area contributed by atoms with E-state index in [-0.39, 0.29) is 18.4 Å². The maximum atomic E-state index is 11.8. The minimum Gasteiger partial charge on any atom is -0.481 e. The lowest BCUT2D eigenvalue weighted by molar-refractivity contribution is -0.141. The largest absolute Gasteiger partial charge is 0.481 e. The van der Waals surface area contributed by atoms with Crippen molar-refractivity contribution in [3.8, 4) is 0 Å². The molecule has 1 N–H and O–H groups in total. The first-order valence-corrected chi connectivity index (χ1v) is 5.67. The van der Waals surface area contributed by atoms with Crippen LogP contribution in [-0.4, -0.2) is 28.4 Å². The van der Waals surface area contributed by atoms with Crippen LogP contribution >= 0.6 is 0 Å². The Morgan fingerprint density at radius 1 is 1.41 bits per heavy atom. The fraction of sp³-hybridized carbons (Fsp3) is 0.385. The van der Waals surface area contributed by atoms with Crippen molar-refractivity contribution in [3.05, 3.63) is 35.9 Å². The van der Waals surface area contributed by atoms with Crippen LogP contribution in [0.25, 0.3) is 0 Å². The smallest absolute Gasteiger partial charge is 0.308 e. The lowest BCUT2D eigenvalue weighted by atomic mass is 10.1. The molecule has 0 bridgehead atoms. The second kappa shape index (κ2) is 4.57. The molecule has 0 spiro atoms. The van der Waals surface area contributed by atoms with Gasteiger partial charge >= 0.3 is 5.97 Å². The quantitative estimate of drug-likeness (QED) is 0.864. The highest BCUT2D eigenvalue weighted by Gasteiger charge is 2.36. The number of carbonyl (C=O) groups is 2. The minimum absolute atomic E-state index is 0.0620. The molecule has 1 aliphatic heterocycles. The highest BCUT2D eigenvalue weighted by molar-refractivity contribution is 5.86. The summed E-state index contributed by atoms with van der Waals surface area (Å²) in [6.45, 7) is 2.24. The number of hydrogen-bond acceptors (Lipinski definition) is 2. The van der Waals surface area contributed by atoms with Gasteiger partial charge in [-0.3, -0.25) is 9.59 Å². The van der Waals surface area contributed by atoms with E-state index >= 15 is 0 Å². The summed E-state index contributed by atoms with van der Waals surface area (Å²) in [5.41, 5.74) is 1.03. The van der Waals surface area contributed by atoms with Crippen LogP contribution in [0.5, 0.6) is 0 Å². The number of rotatable bonds is 3. The molecule has 4 heteroatoms. The van der Waals surface area contributed by atoms with E-state index < -0.39 is 11.9 Å². The van der Waals surface area contributed by atoms with E-state index in [2.05, 4.69) is 0 Å². The number of carbonyl (C=O) groups excluding carboxylic acids is 1. The molecule has 0 aromatic heterocycles. The van der Waals surface area contributed by atoms with E-state index in [1.54, 1.807) is 4.90 Å². The minimum atomic E-state index is -0.888. The van der Waals surface area contributed by atoms with Crippen molar-refractivity contribution < 1.29 is 14.7 Å². The number of carboxylic acid groups (broad SMARTS) is 1. The van der Waals surface area contributed by atoms with Gasteiger partial charge in [0.25, 0.3) is 0 Å². The third-order valence-corrected chi connectivity index (χ3v) is 3.26. The van der Waals surface area contributed by atoms with Crippen LogP contribution in [0.2, 0.25) is 0 Å². The van der Waals surface area contributed by atoms with E-state index in [4.69, 9.17) is 5.11 Å². The lowest BCUT2D eigenvalue weighted by Crippen LogP contribution is -2.29. The monoisotopic (exact) mass is 233 g/mol. The molecule has 1 aliphatic rings. The molecular formula is C13H15NO3. The maximum Gasteiger partial charge on any atom is 0.308 e. The highest BCUT2D eigenvalue weighted by atomic mass is 16.4. The Balaban J connectivity index is 2.14. The summed E-state index contributed by atoms with van der Waals surface area (Å²) < 4.78 is 0. The van der Waals surface area contributed by atoms with Gasteiger partial charge in [-0.1, -0.05) is 30.3 Å². The number of nitrogens with zero attached hydrogens (tertiary/aromatic N) is 1. The van der Waals surface area contributed by atoms with E-state index in [9.17, 15) is 9.59 Å². The Kier molecular flexibility index (Phi) is 3.13. The van der Waals surface area contributed by atoms with Crippen LogP contribution in [0.3, 0.4) is 0 Å². The van der Waals surface area contributed by atoms with Crippen molar-refractivity contribution in [2.75, 3.05) is 6.54 Å². The van der Waals surface area contributed by atoms with Gasteiger partial charge in [0.15, 0.2) is 0 Å². The summed E-state index contributed by atoms with van der Waals surface area (Å²) in [5.74, 6) is -1.52. The normalized spacial score (nSPS) is 21.6. The molecule has 1 amide bonds. The van der Waals surface area contributed by atoms with E-state index in [1.807, 2.05) is 37.3 Å². The van der Waals surface area contributed by atoms with Crippen LogP contribution in [0.15, 0.2) is 30.3 Å². The Morgan fingerprint density at radius 2 is 2.06 bits per heavy atom. The van der Waals surface area contributed by atoms with Gasteiger partial charge in [0.05, 0.1) is 12.0 Å². The van der Waals surface area contributed by atoms with E-state index in [1.165, 1.54) is 0 Å². The molecule has 1 aromatic carbocycles. The Labute approximate surface area is 99.9 Å². The van der Waals surface area contributed by atoms with Crippen molar-refractivity contribution in [2.45, 2.75) is 19.4 Å². The van der Waals surface area contributed by atoms with Crippen LogP contribution in [-0.2, 0) is 9.59 Å². The zero-order chi connectivity index (χ0) is 12.4. The number of likely N-dealkylation sites (tertiary alicyclic amines) is 1. The summed E-state index contributed by atoms with van der Waals surface area (Å²) in [5, 5.41) is 8.92. The van der Waals surface area contributed by atoms with Crippen LogP contribution in [0, 0.1) is 5.92 Å². The van der Waals surface area contributed by atoms with Crippen LogP contribution < -0.4 is 0 Å². The van der Waals surface area contributed by atoms with Gasteiger partial charge in [-0.25, -0.2) is 0 Å². The zero-order valence-electron chi connectivity index (χ0n) is 9.67. The Morgan fingerprint density at radius 3 is 2.59 bits per heavy atom. The van der Waals surface area contributed by atoms with Crippen molar-refractivity contribution in [1.82, 2.24) is 4.90 Å². The molecule has 2 atom stereocenters.